The van der Waals surface area contributed by atoms with Gasteiger partial charge in [-0.1, -0.05) is 68.9 Å². The SMILES string of the molecule is C=CC(=O)OCCOCCOCCOc1ccc(C(=O)Oc2ccc(C3CCC(OC(=O)c4ccc(OCCOCCOCCOC(=O)C=C)cc4)CC3)c(/C=N/N(CCCCCC)c3nc4ccccc4s3)c2)cc1. The monoisotopic (exact) mass is 1060 g/mol. The van der Waals surface area contributed by atoms with Crippen molar-refractivity contribution in [2.75, 3.05) is 90.8 Å². The fourth-order valence-corrected chi connectivity index (χ4v) is 8.90. The standard InChI is InChI=1S/C58H69N3O14S/c1-4-7-8-11-28-61(58-60-52-12-9-10-13-53(52)76-58)59-42-46-41-50(75-57(65)45-18-22-48(23-19-45)71-38-34-67-30-32-69-36-40-73-55(63)6-3)26-27-51(46)43-14-24-49(25-15-43)74-56(64)44-16-20-47(21-17-44)70-37-33-66-29-31-68-35-39-72-54(62)5-2/h5-6,9-10,12-13,16-23,26-27,41-43,49H,2-4,7-8,11,14-15,24-25,28-40H2,1H3/b59-42+. The molecule has 5 aromatic rings. The number of hydrogen-bond acceptors (Lipinski definition) is 18. The van der Waals surface area contributed by atoms with Crippen molar-refractivity contribution >= 4 is 56.8 Å². The lowest BCUT2D eigenvalue weighted by molar-refractivity contribution is -0.140. The molecule has 17 nitrogen and oxygen atoms in total. The molecule has 1 aliphatic rings. The van der Waals surface area contributed by atoms with Crippen LogP contribution in [0.15, 0.2) is 121 Å². The van der Waals surface area contributed by atoms with E-state index >= 15 is 0 Å². The Morgan fingerprint density at radius 2 is 1.17 bits per heavy atom. The number of ether oxygens (including phenoxy) is 10. The molecule has 0 aliphatic heterocycles. The van der Waals surface area contributed by atoms with E-state index in [1.807, 2.05) is 47.6 Å². The van der Waals surface area contributed by atoms with E-state index in [0.717, 1.165) is 77.2 Å². The number of thiazole rings is 1. The minimum absolute atomic E-state index is 0.135. The first-order valence-corrected chi connectivity index (χ1v) is 26.6. The van der Waals surface area contributed by atoms with E-state index < -0.39 is 17.9 Å². The van der Waals surface area contributed by atoms with Gasteiger partial charge in [0.1, 0.15) is 49.8 Å². The molecule has 1 aromatic heterocycles. The molecule has 18 heteroatoms. The molecule has 0 bridgehead atoms. The molecule has 0 N–H and O–H groups in total. The highest BCUT2D eigenvalue weighted by Crippen LogP contribution is 2.37. The summed E-state index contributed by atoms with van der Waals surface area (Å²) in [7, 11) is 0. The van der Waals surface area contributed by atoms with Crippen LogP contribution in [0.4, 0.5) is 5.13 Å². The number of para-hydroxylation sites is 1. The number of esters is 4. The molecular formula is C58H69N3O14S. The first-order valence-electron chi connectivity index (χ1n) is 25.8. The first kappa shape index (κ1) is 58.3. The van der Waals surface area contributed by atoms with Crippen molar-refractivity contribution in [3.8, 4) is 17.2 Å². The van der Waals surface area contributed by atoms with Crippen LogP contribution in [0.3, 0.4) is 0 Å². The average Bonchev–Trinajstić information content (AvgIpc) is 3.89. The summed E-state index contributed by atoms with van der Waals surface area (Å²) in [6.07, 6.45) is 11.0. The van der Waals surface area contributed by atoms with Gasteiger partial charge in [-0.2, -0.15) is 5.10 Å². The third kappa shape index (κ3) is 20.3. The highest BCUT2D eigenvalue weighted by atomic mass is 32.1. The summed E-state index contributed by atoms with van der Waals surface area (Å²) in [5.41, 5.74) is 3.59. The second-order valence-electron chi connectivity index (χ2n) is 17.4. The van der Waals surface area contributed by atoms with Gasteiger partial charge in [0.15, 0.2) is 0 Å². The average molecular weight is 1060 g/mol. The Morgan fingerprint density at radius 1 is 0.632 bits per heavy atom. The van der Waals surface area contributed by atoms with Crippen molar-refractivity contribution in [2.45, 2.75) is 70.3 Å². The first-order chi connectivity index (χ1) is 37.2. The van der Waals surface area contributed by atoms with Crippen LogP contribution in [0, 0.1) is 0 Å². The number of hydrazone groups is 1. The van der Waals surface area contributed by atoms with Crippen LogP contribution < -0.4 is 19.2 Å². The minimum Gasteiger partial charge on any atom is -0.491 e. The largest absolute Gasteiger partial charge is 0.491 e. The number of nitrogens with zero attached hydrogens (tertiary/aromatic N) is 3. The van der Waals surface area contributed by atoms with E-state index in [2.05, 4.69) is 26.1 Å². The summed E-state index contributed by atoms with van der Waals surface area (Å²) in [6.45, 7) is 13.1. The Morgan fingerprint density at radius 3 is 1.74 bits per heavy atom. The second-order valence-corrected chi connectivity index (χ2v) is 18.4. The second kappa shape index (κ2) is 33.2. The Bertz CT molecular complexity index is 2580. The molecule has 1 heterocycles. The van der Waals surface area contributed by atoms with Crippen LogP contribution in [-0.2, 0) is 42.7 Å². The number of rotatable bonds is 35. The summed E-state index contributed by atoms with van der Waals surface area (Å²) in [4.78, 5) is 53.9. The molecule has 0 atom stereocenters. The van der Waals surface area contributed by atoms with Crippen LogP contribution in [0.1, 0.15) is 96.1 Å². The lowest BCUT2D eigenvalue weighted by Gasteiger charge is -2.29. The highest BCUT2D eigenvalue weighted by Gasteiger charge is 2.27. The van der Waals surface area contributed by atoms with E-state index in [0.29, 0.717) is 101 Å². The fraction of sp³-hybridized carbons (Fsp3) is 0.414. The molecular weight excluding hydrogens is 995 g/mol. The Kier molecular flexibility index (Phi) is 25.4. The van der Waals surface area contributed by atoms with Crippen molar-refractivity contribution in [3.05, 3.63) is 139 Å². The molecule has 0 radical (unpaired) electrons. The van der Waals surface area contributed by atoms with Gasteiger partial charge in [-0.15, -0.1) is 0 Å². The number of carbonyl (C=O) groups is 4. The number of aromatic nitrogens is 1. The lowest BCUT2D eigenvalue weighted by Crippen LogP contribution is -2.24. The quantitative estimate of drug-likeness (QED) is 0.00708. The van der Waals surface area contributed by atoms with Gasteiger partial charge in [0, 0.05) is 24.3 Å². The van der Waals surface area contributed by atoms with Gasteiger partial charge in [0.05, 0.1) is 80.4 Å². The maximum atomic E-state index is 13.5. The third-order valence-corrected chi connectivity index (χ3v) is 13.0. The predicted molar refractivity (Wildman–Crippen MR) is 290 cm³/mol. The van der Waals surface area contributed by atoms with Gasteiger partial charge in [-0.05, 0) is 116 Å². The van der Waals surface area contributed by atoms with E-state index in [4.69, 9.17) is 57.5 Å². The Labute approximate surface area is 448 Å². The summed E-state index contributed by atoms with van der Waals surface area (Å²) in [5, 5.41) is 7.85. The summed E-state index contributed by atoms with van der Waals surface area (Å²) in [5.74, 6) is -0.208. The van der Waals surface area contributed by atoms with Crippen LogP contribution >= 0.6 is 11.3 Å². The Balaban J connectivity index is 1.03. The van der Waals surface area contributed by atoms with Crippen molar-refractivity contribution in [1.82, 2.24) is 4.98 Å². The number of carbonyl (C=O) groups excluding carboxylic acids is 4. The highest BCUT2D eigenvalue weighted by molar-refractivity contribution is 7.22. The molecule has 0 amide bonds. The summed E-state index contributed by atoms with van der Waals surface area (Å²) >= 11 is 1.60. The zero-order valence-corrected chi connectivity index (χ0v) is 44.1. The van der Waals surface area contributed by atoms with E-state index in [9.17, 15) is 19.2 Å². The van der Waals surface area contributed by atoms with Crippen LogP contribution in [-0.4, -0.2) is 127 Å². The fourth-order valence-electron chi connectivity index (χ4n) is 7.95. The van der Waals surface area contributed by atoms with Gasteiger partial charge in [-0.25, -0.2) is 29.2 Å². The topological polar surface area (TPSA) is 189 Å². The van der Waals surface area contributed by atoms with Gasteiger partial charge in [0.25, 0.3) is 0 Å². The van der Waals surface area contributed by atoms with Gasteiger partial charge in [-0.3, -0.25) is 0 Å². The summed E-state index contributed by atoms with van der Waals surface area (Å²) < 4.78 is 56.2. The van der Waals surface area contributed by atoms with Crippen LogP contribution in [0.5, 0.6) is 17.2 Å². The predicted octanol–water partition coefficient (Wildman–Crippen LogP) is 10.1. The number of fused-ring (bicyclic) bond motifs is 1. The zero-order valence-electron chi connectivity index (χ0n) is 43.3. The number of unbranched alkanes of at least 4 members (excludes halogenated alkanes) is 3. The normalized spacial score (nSPS) is 14.2. The number of anilines is 1. The van der Waals surface area contributed by atoms with E-state index in [1.165, 1.54) is 0 Å². The van der Waals surface area contributed by atoms with Crippen molar-refractivity contribution in [2.24, 2.45) is 5.10 Å². The van der Waals surface area contributed by atoms with Crippen LogP contribution in [0.25, 0.3) is 10.2 Å². The molecule has 0 unspecified atom stereocenters. The Hall–Kier alpha value is -6.96. The molecule has 1 saturated carbocycles. The molecule has 1 aliphatic carbocycles. The molecule has 1 fully saturated rings. The number of hydrogen-bond donors (Lipinski definition) is 0. The molecule has 76 heavy (non-hydrogen) atoms. The van der Waals surface area contributed by atoms with Crippen molar-refractivity contribution in [1.29, 1.82) is 0 Å². The molecule has 0 saturated heterocycles. The lowest BCUT2D eigenvalue weighted by atomic mass is 9.81. The molecule has 6 rings (SSSR count). The number of benzene rings is 4. The van der Waals surface area contributed by atoms with Gasteiger partial charge >= 0.3 is 23.9 Å². The molecule has 406 valence electrons. The maximum Gasteiger partial charge on any atom is 0.343 e. The van der Waals surface area contributed by atoms with Crippen molar-refractivity contribution in [3.63, 3.8) is 0 Å². The minimum atomic E-state index is -0.520. The van der Waals surface area contributed by atoms with Gasteiger partial charge < -0.3 is 47.4 Å². The smallest absolute Gasteiger partial charge is 0.343 e. The van der Waals surface area contributed by atoms with E-state index in [1.54, 1.807) is 59.9 Å². The summed E-state index contributed by atoms with van der Waals surface area (Å²) in [6, 6.07) is 27.3. The third-order valence-electron chi connectivity index (χ3n) is 11.9. The van der Waals surface area contributed by atoms with E-state index in [-0.39, 0.29) is 44.4 Å². The van der Waals surface area contributed by atoms with Crippen LogP contribution in [0.2, 0.25) is 0 Å². The zero-order chi connectivity index (χ0) is 53.6. The molecule has 0 spiro atoms. The molecule has 4 aromatic carbocycles. The maximum absolute atomic E-state index is 13.5. The van der Waals surface area contributed by atoms with Gasteiger partial charge in [0.2, 0.25) is 5.13 Å². The van der Waals surface area contributed by atoms with Crippen molar-refractivity contribution < 1.29 is 66.5 Å².